The number of ketones is 1. The number of aromatic nitrogens is 1. The van der Waals surface area contributed by atoms with E-state index in [-0.39, 0.29) is 22.4 Å². The van der Waals surface area contributed by atoms with Gasteiger partial charge in [0.2, 0.25) is 0 Å². The predicted octanol–water partition coefficient (Wildman–Crippen LogP) is 1.94. The molecule has 2 unspecified atom stereocenters. The maximum atomic E-state index is 11.4. The van der Waals surface area contributed by atoms with Crippen molar-refractivity contribution < 1.29 is 14.7 Å². The maximum absolute atomic E-state index is 11.4. The first-order chi connectivity index (χ1) is 9.38. The van der Waals surface area contributed by atoms with Crippen LogP contribution in [-0.2, 0) is 0 Å². The average molecular weight is 297 g/mol. The Kier molecular flexibility index (Phi) is 4.39. The number of carboxylic acids is 1. The van der Waals surface area contributed by atoms with Crippen LogP contribution in [0.5, 0.6) is 0 Å². The van der Waals surface area contributed by atoms with Crippen LogP contribution in [0.1, 0.15) is 46.8 Å². The number of carbonyl (C=O) groups is 2. The molecule has 1 saturated heterocycles. The Labute approximate surface area is 121 Å². The molecule has 2 N–H and O–H groups in total. The number of likely N-dealkylation sites (tertiary alicyclic amines) is 1. The zero-order valence-electron chi connectivity index (χ0n) is 11.8. The summed E-state index contributed by atoms with van der Waals surface area (Å²) in [5.41, 5.74) is -0.147. The van der Waals surface area contributed by atoms with Gasteiger partial charge in [-0.05, 0) is 26.8 Å². The smallest absolute Gasteiger partial charge is 0.356 e. The van der Waals surface area contributed by atoms with E-state index in [1.807, 2.05) is 0 Å². The fraction of sp³-hybridized carbons (Fsp3) is 0.615. The van der Waals surface area contributed by atoms with Gasteiger partial charge in [-0.1, -0.05) is 11.3 Å². The van der Waals surface area contributed by atoms with Gasteiger partial charge in [-0.15, -0.1) is 0 Å². The topological polar surface area (TPSA) is 82.5 Å². The number of thiazole rings is 1. The molecule has 0 aliphatic carbocycles. The van der Waals surface area contributed by atoms with Crippen LogP contribution in [0.2, 0.25) is 0 Å². The van der Waals surface area contributed by atoms with Gasteiger partial charge < -0.3 is 15.3 Å². The second-order valence-corrected chi connectivity index (χ2v) is 6.25. The summed E-state index contributed by atoms with van der Waals surface area (Å²) in [6, 6.07) is 0.751. The summed E-state index contributed by atoms with van der Waals surface area (Å²) >= 11 is 1.13. The fourth-order valence-corrected chi connectivity index (χ4v) is 3.29. The quantitative estimate of drug-likeness (QED) is 0.826. The first-order valence-corrected chi connectivity index (χ1v) is 7.42. The number of aromatic carboxylic acids is 1. The van der Waals surface area contributed by atoms with Crippen molar-refractivity contribution in [1.82, 2.24) is 9.88 Å². The first-order valence-electron chi connectivity index (χ1n) is 6.60. The Bertz CT molecular complexity index is 497. The van der Waals surface area contributed by atoms with E-state index in [0.717, 1.165) is 30.7 Å². The highest BCUT2D eigenvalue weighted by Crippen LogP contribution is 2.27. The highest BCUT2D eigenvalue weighted by atomic mass is 32.1. The molecule has 0 radical (unpaired) electrons. The number of carboxylic acid groups (broad SMARTS) is 1. The summed E-state index contributed by atoms with van der Waals surface area (Å²) in [6.07, 6.45) is 1.96. The fourth-order valence-electron chi connectivity index (χ4n) is 2.36. The number of piperidine rings is 1. The number of nitrogens with one attached hydrogen (secondary N) is 1. The zero-order valence-corrected chi connectivity index (χ0v) is 12.7. The Hall–Kier alpha value is -1.47. The van der Waals surface area contributed by atoms with Crippen LogP contribution in [0.25, 0.3) is 0 Å². The van der Waals surface area contributed by atoms with E-state index in [1.54, 1.807) is 0 Å². The number of carbonyl (C=O) groups excluding carboxylic acids is 1. The molecule has 1 aromatic rings. The van der Waals surface area contributed by atoms with Crippen molar-refractivity contribution in [2.75, 3.05) is 18.9 Å². The molecule has 110 valence electrons. The van der Waals surface area contributed by atoms with Crippen molar-refractivity contribution in [3.63, 3.8) is 0 Å². The number of rotatable bonds is 4. The van der Waals surface area contributed by atoms with Gasteiger partial charge in [-0.2, -0.15) is 0 Å². The Morgan fingerprint density at radius 1 is 1.50 bits per heavy atom. The molecule has 0 amide bonds. The molecule has 6 nitrogen and oxygen atoms in total. The van der Waals surface area contributed by atoms with E-state index in [4.69, 9.17) is 5.11 Å². The molecule has 2 rings (SSSR count). The number of Topliss-reactive ketones (excluding diaryl/α,β-unsaturated/α-hetero) is 1. The van der Waals surface area contributed by atoms with Gasteiger partial charge in [0, 0.05) is 25.6 Å². The first kappa shape index (κ1) is 14.9. The lowest BCUT2D eigenvalue weighted by Crippen LogP contribution is -2.42. The Balaban J connectivity index is 2.12. The van der Waals surface area contributed by atoms with Crippen molar-refractivity contribution in [1.29, 1.82) is 0 Å². The third-order valence-electron chi connectivity index (χ3n) is 3.69. The third-order valence-corrected chi connectivity index (χ3v) is 4.77. The molecule has 1 aromatic heterocycles. The largest absolute Gasteiger partial charge is 0.476 e. The summed E-state index contributed by atoms with van der Waals surface area (Å²) in [6.45, 7) is 4.52. The van der Waals surface area contributed by atoms with E-state index in [1.165, 1.54) is 6.92 Å². The van der Waals surface area contributed by atoms with Crippen molar-refractivity contribution in [3.05, 3.63) is 10.6 Å². The highest BCUT2D eigenvalue weighted by Gasteiger charge is 2.25. The number of nitrogens with zero attached hydrogens (tertiary/aromatic N) is 2. The molecule has 7 heteroatoms. The van der Waals surface area contributed by atoms with E-state index >= 15 is 0 Å². The second kappa shape index (κ2) is 5.88. The minimum absolute atomic E-state index is 0.147. The van der Waals surface area contributed by atoms with Crippen molar-refractivity contribution in [2.24, 2.45) is 0 Å². The monoisotopic (exact) mass is 297 g/mol. The molecule has 2 heterocycles. The summed E-state index contributed by atoms with van der Waals surface area (Å²) < 4.78 is 0. The van der Waals surface area contributed by atoms with Gasteiger partial charge in [0.1, 0.15) is 4.88 Å². The van der Waals surface area contributed by atoms with Gasteiger partial charge in [0.05, 0.1) is 0 Å². The second-order valence-electron chi connectivity index (χ2n) is 5.25. The SMILES string of the molecule is CC(=O)c1sc(NC2CCN(C)C(C)C2)nc1C(=O)O. The van der Waals surface area contributed by atoms with Crippen molar-refractivity contribution >= 4 is 28.2 Å². The van der Waals surface area contributed by atoms with Gasteiger partial charge >= 0.3 is 5.97 Å². The molecule has 0 saturated carbocycles. The minimum atomic E-state index is -1.16. The lowest BCUT2D eigenvalue weighted by atomic mass is 9.99. The van der Waals surface area contributed by atoms with Crippen molar-refractivity contribution in [2.45, 2.75) is 38.8 Å². The molecule has 1 aliphatic heterocycles. The van der Waals surface area contributed by atoms with Gasteiger partial charge in [-0.25, -0.2) is 9.78 Å². The molecular formula is C13H19N3O3S. The van der Waals surface area contributed by atoms with Gasteiger partial charge in [0.25, 0.3) is 0 Å². The molecular weight excluding hydrogens is 278 g/mol. The summed E-state index contributed by atoms with van der Waals surface area (Å²) in [5.74, 6) is -1.42. The third kappa shape index (κ3) is 3.16. The van der Waals surface area contributed by atoms with Crippen LogP contribution in [0.4, 0.5) is 5.13 Å². The molecule has 0 spiro atoms. The maximum Gasteiger partial charge on any atom is 0.356 e. The summed E-state index contributed by atoms with van der Waals surface area (Å²) in [5, 5.41) is 12.9. The lowest BCUT2D eigenvalue weighted by molar-refractivity contribution is 0.0687. The van der Waals surface area contributed by atoms with E-state index in [0.29, 0.717) is 11.2 Å². The number of hydrogen-bond donors (Lipinski definition) is 2. The summed E-state index contributed by atoms with van der Waals surface area (Å²) in [4.78, 5) is 29.1. The Morgan fingerprint density at radius 3 is 2.70 bits per heavy atom. The molecule has 20 heavy (non-hydrogen) atoms. The lowest BCUT2D eigenvalue weighted by Gasteiger charge is -2.35. The van der Waals surface area contributed by atoms with Crippen LogP contribution in [0.3, 0.4) is 0 Å². The standard InChI is InChI=1S/C13H19N3O3S/c1-7-6-9(4-5-16(7)3)14-13-15-10(12(18)19)11(20-13)8(2)17/h7,9H,4-6H2,1-3H3,(H,14,15)(H,18,19). The number of anilines is 1. The average Bonchev–Trinajstić information content (AvgIpc) is 2.78. The van der Waals surface area contributed by atoms with Crippen LogP contribution < -0.4 is 5.32 Å². The van der Waals surface area contributed by atoms with E-state index < -0.39 is 5.97 Å². The number of hydrogen-bond acceptors (Lipinski definition) is 6. The van der Waals surface area contributed by atoms with Crippen LogP contribution in [-0.4, -0.2) is 52.4 Å². The predicted molar refractivity (Wildman–Crippen MR) is 77.8 cm³/mol. The van der Waals surface area contributed by atoms with E-state index in [9.17, 15) is 9.59 Å². The molecule has 0 aromatic carbocycles. The molecule has 2 atom stereocenters. The highest BCUT2D eigenvalue weighted by molar-refractivity contribution is 7.17. The Morgan fingerprint density at radius 2 is 2.20 bits per heavy atom. The van der Waals surface area contributed by atoms with Crippen molar-refractivity contribution in [3.8, 4) is 0 Å². The molecule has 1 fully saturated rings. The zero-order chi connectivity index (χ0) is 14.9. The normalized spacial score (nSPS) is 23.6. The van der Waals surface area contributed by atoms with Crippen LogP contribution in [0, 0.1) is 0 Å². The van der Waals surface area contributed by atoms with Gasteiger partial charge in [0.15, 0.2) is 16.6 Å². The summed E-state index contributed by atoms with van der Waals surface area (Å²) in [7, 11) is 2.10. The van der Waals surface area contributed by atoms with E-state index in [2.05, 4.69) is 29.2 Å². The molecule has 1 aliphatic rings. The van der Waals surface area contributed by atoms with Crippen LogP contribution >= 0.6 is 11.3 Å². The molecule has 0 bridgehead atoms. The van der Waals surface area contributed by atoms with Gasteiger partial charge in [-0.3, -0.25) is 4.79 Å². The van der Waals surface area contributed by atoms with Crippen LogP contribution in [0.15, 0.2) is 0 Å². The minimum Gasteiger partial charge on any atom is -0.476 e.